The normalized spacial score (nSPS) is 38.0. The van der Waals surface area contributed by atoms with Gasteiger partial charge in [-0.1, -0.05) is 11.6 Å². The van der Waals surface area contributed by atoms with Crippen molar-refractivity contribution in [3.05, 3.63) is 29.3 Å². The molecule has 0 radical (unpaired) electrons. The van der Waals surface area contributed by atoms with Crippen molar-refractivity contribution in [1.82, 2.24) is 0 Å². The Morgan fingerprint density at radius 2 is 1.70 bits per heavy atom. The highest BCUT2D eigenvalue weighted by Gasteiger charge is 2.52. The maximum absolute atomic E-state index is 11.3. The number of benzene rings is 1. The third kappa shape index (κ3) is 1.97. The van der Waals surface area contributed by atoms with Crippen LogP contribution in [-0.2, 0) is 0 Å². The Balaban J connectivity index is 1.64. The molecule has 20 heavy (non-hydrogen) atoms. The van der Waals surface area contributed by atoms with Crippen molar-refractivity contribution in [3.63, 3.8) is 0 Å². The highest BCUT2D eigenvalue weighted by Crippen LogP contribution is 2.57. The van der Waals surface area contributed by atoms with Crippen molar-refractivity contribution < 1.29 is 9.53 Å². The fourth-order valence-corrected chi connectivity index (χ4v) is 5.24. The van der Waals surface area contributed by atoms with Gasteiger partial charge in [0, 0.05) is 0 Å². The van der Waals surface area contributed by atoms with Gasteiger partial charge >= 0.3 is 0 Å². The van der Waals surface area contributed by atoms with Gasteiger partial charge in [0.15, 0.2) is 6.29 Å². The Morgan fingerprint density at radius 3 is 2.25 bits per heavy atom. The first kappa shape index (κ1) is 12.4. The SMILES string of the molecule is Cc1ccc(OC23CC4CC(CC(C4)C2)C3)c(C=O)c1. The summed E-state index contributed by atoms with van der Waals surface area (Å²) in [7, 11) is 0. The highest BCUT2D eigenvalue weighted by atomic mass is 16.5. The van der Waals surface area contributed by atoms with Crippen LogP contribution in [0.2, 0.25) is 0 Å². The fraction of sp³-hybridized carbons (Fsp3) is 0.611. The molecule has 0 N–H and O–H groups in total. The van der Waals surface area contributed by atoms with Gasteiger partial charge in [0.2, 0.25) is 0 Å². The van der Waals surface area contributed by atoms with Crippen LogP contribution in [0.5, 0.6) is 5.75 Å². The van der Waals surface area contributed by atoms with E-state index in [-0.39, 0.29) is 5.60 Å². The van der Waals surface area contributed by atoms with Crippen molar-refractivity contribution in [2.75, 3.05) is 0 Å². The third-order valence-corrected chi connectivity index (χ3v) is 5.60. The van der Waals surface area contributed by atoms with Crippen molar-refractivity contribution in [2.24, 2.45) is 17.8 Å². The van der Waals surface area contributed by atoms with E-state index in [0.29, 0.717) is 5.56 Å². The maximum Gasteiger partial charge on any atom is 0.153 e. The Hall–Kier alpha value is -1.31. The predicted octanol–water partition coefficient (Wildman–Crippen LogP) is 4.16. The first-order chi connectivity index (χ1) is 9.66. The van der Waals surface area contributed by atoms with Crippen molar-refractivity contribution in [3.8, 4) is 5.75 Å². The lowest BCUT2D eigenvalue weighted by Crippen LogP contribution is -2.53. The monoisotopic (exact) mass is 270 g/mol. The van der Waals surface area contributed by atoms with E-state index in [9.17, 15) is 4.79 Å². The zero-order valence-electron chi connectivity index (χ0n) is 12.1. The number of hydrogen-bond donors (Lipinski definition) is 0. The molecule has 4 aliphatic rings. The molecular formula is C18H22O2. The molecule has 4 aliphatic carbocycles. The van der Waals surface area contributed by atoms with Gasteiger partial charge in [0.05, 0.1) is 5.56 Å². The van der Waals surface area contributed by atoms with Crippen LogP contribution in [0.15, 0.2) is 18.2 Å². The van der Waals surface area contributed by atoms with E-state index < -0.39 is 0 Å². The number of hydrogen-bond acceptors (Lipinski definition) is 2. The minimum atomic E-state index is 0.0295. The van der Waals surface area contributed by atoms with Crippen molar-refractivity contribution in [2.45, 2.75) is 51.0 Å². The largest absolute Gasteiger partial charge is 0.487 e. The Kier molecular flexibility index (Phi) is 2.70. The molecule has 2 nitrogen and oxygen atoms in total. The summed E-state index contributed by atoms with van der Waals surface area (Å²) in [4.78, 5) is 11.3. The van der Waals surface area contributed by atoms with E-state index in [2.05, 4.69) is 0 Å². The van der Waals surface area contributed by atoms with Crippen LogP contribution in [-0.4, -0.2) is 11.9 Å². The molecule has 0 unspecified atom stereocenters. The molecule has 0 atom stereocenters. The summed E-state index contributed by atoms with van der Waals surface area (Å²) in [5.41, 5.74) is 1.85. The van der Waals surface area contributed by atoms with E-state index >= 15 is 0 Å². The van der Waals surface area contributed by atoms with E-state index in [1.54, 1.807) is 0 Å². The standard InChI is InChI=1S/C18H22O2/c1-12-2-3-17(16(4-12)11-19)20-18-8-13-5-14(9-18)7-15(6-13)10-18/h2-4,11,13-15H,5-10H2,1H3. The second-order valence-corrected chi connectivity index (χ2v) is 7.36. The molecule has 2 heteroatoms. The summed E-state index contributed by atoms with van der Waals surface area (Å²) in [5.74, 6) is 3.40. The average molecular weight is 270 g/mol. The number of aldehydes is 1. The summed E-state index contributed by atoms with van der Waals surface area (Å²) < 4.78 is 6.46. The fourth-order valence-electron chi connectivity index (χ4n) is 5.24. The van der Waals surface area contributed by atoms with Crippen LogP contribution in [0.25, 0.3) is 0 Å². The molecule has 4 fully saturated rings. The van der Waals surface area contributed by atoms with Gasteiger partial charge < -0.3 is 4.74 Å². The van der Waals surface area contributed by atoms with E-state index in [0.717, 1.165) is 35.4 Å². The van der Waals surface area contributed by atoms with Crippen LogP contribution >= 0.6 is 0 Å². The smallest absolute Gasteiger partial charge is 0.153 e. The average Bonchev–Trinajstić information content (AvgIpc) is 2.39. The summed E-state index contributed by atoms with van der Waals surface area (Å²) in [6.07, 6.45) is 8.77. The zero-order valence-corrected chi connectivity index (χ0v) is 12.1. The van der Waals surface area contributed by atoms with Gasteiger partial charge in [-0.2, -0.15) is 0 Å². The summed E-state index contributed by atoms with van der Waals surface area (Å²) in [5, 5.41) is 0. The van der Waals surface area contributed by atoms with E-state index in [4.69, 9.17) is 4.74 Å². The molecule has 106 valence electrons. The van der Waals surface area contributed by atoms with Gasteiger partial charge in [-0.3, -0.25) is 4.79 Å². The van der Waals surface area contributed by atoms with Gasteiger partial charge in [0.25, 0.3) is 0 Å². The van der Waals surface area contributed by atoms with Crippen molar-refractivity contribution >= 4 is 6.29 Å². The molecule has 5 rings (SSSR count). The summed E-state index contributed by atoms with van der Waals surface area (Å²) in [6, 6.07) is 5.96. The molecule has 0 heterocycles. The Morgan fingerprint density at radius 1 is 1.10 bits per heavy atom. The summed E-state index contributed by atoms with van der Waals surface area (Å²) in [6.45, 7) is 2.02. The van der Waals surface area contributed by atoms with Gasteiger partial charge in [0.1, 0.15) is 11.4 Å². The molecule has 4 saturated carbocycles. The molecule has 0 spiro atoms. The number of ether oxygens (including phenoxy) is 1. The maximum atomic E-state index is 11.3. The lowest BCUT2D eigenvalue weighted by atomic mass is 9.54. The molecule has 4 bridgehead atoms. The minimum absolute atomic E-state index is 0.0295. The van der Waals surface area contributed by atoms with Gasteiger partial charge in [-0.25, -0.2) is 0 Å². The van der Waals surface area contributed by atoms with E-state index in [1.165, 1.54) is 38.5 Å². The number of aryl methyl sites for hydroxylation is 1. The second kappa shape index (κ2) is 4.34. The Bertz CT molecular complexity index is 511. The minimum Gasteiger partial charge on any atom is -0.487 e. The molecular weight excluding hydrogens is 248 g/mol. The Labute approximate surface area is 120 Å². The van der Waals surface area contributed by atoms with Crippen molar-refractivity contribution in [1.29, 1.82) is 0 Å². The summed E-state index contributed by atoms with van der Waals surface area (Å²) >= 11 is 0. The molecule has 1 aromatic carbocycles. The first-order valence-electron chi connectivity index (χ1n) is 7.91. The van der Waals surface area contributed by atoms with Crippen LogP contribution in [0.4, 0.5) is 0 Å². The number of carbonyl (C=O) groups is 1. The second-order valence-electron chi connectivity index (χ2n) is 7.36. The lowest BCUT2D eigenvalue weighted by molar-refractivity contribution is -0.107. The van der Waals surface area contributed by atoms with Crippen LogP contribution in [0.1, 0.15) is 54.4 Å². The van der Waals surface area contributed by atoms with Gasteiger partial charge in [-0.15, -0.1) is 0 Å². The molecule has 0 aromatic heterocycles. The predicted molar refractivity (Wildman–Crippen MR) is 78.1 cm³/mol. The van der Waals surface area contributed by atoms with E-state index in [1.807, 2.05) is 25.1 Å². The highest BCUT2D eigenvalue weighted by molar-refractivity contribution is 5.79. The molecule has 0 saturated heterocycles. The quantitative estimate of drug-likeness (QED) is 0.771. The molecule has 0 amide bonds. The zero-order chi connectivity index (χ0) is 13.7. The molecule has 1 aromatic rings. The topological polar surface area (TPSA) is 26.3 Å². The first-order valence-corrected chi connectivity index (χ1v) is 7.91. The number of rotatable bonds is 3. The number of carbonyl (C=O) groups excluding carboxylic acids is 1. The third-order valence-electron chi connectivity index (χ3n) is 5.60. The lowest BCUT2D eigenvalue weighted by Gasteiger charge is -2.56. The van der Waals surface area contributed by atoms with Gasteiger partial charge in [-0.05, 0) is 75.3 Å². The van der Waals surface area contributed by atoms with Crippen LogP contribution in [0, 0.1) is 24.7 Å². The van der Waals surface area contributed by atoms with Crippen LogP contribution < -0.4 is 4.74 Å². The molecule has 0 aliphatic heterocycles. The van der Waals surface area contributed by atoms with Crippen LogP contribution in [0.3, 0.4) is 0 Å².